The molecule has 0 amide bonds. The fourth-order valence-electron chi connectivity index (χ4n) is 1.95. The van der Waals surface area contributed by atoms with Gasteiger partial charge in [0, 0.05) is 17.1 Å². The Hall–Kier alpha value is -1.39. The molecule has 2 aromatic rings. The number of hydrogen-bond donors (Lipinski definition) is 1. The molecule has 4 nitrogen and oxygen atoms in total. The first-order chi connectivity index (χ1) is 8.67. The third-order valence-electron chi connectivity index (χ3n) is 2.86. The summed E-state index contributed by atoms with van der Waals surface area (Å²) in [5, 5.41) is 18.1. The SMILES string of the molecule is CCCn1c(CO)nnc1-c1cc(Cl)ccc1C. The zero-order valence-electron chi connectivity index (χ0n) is 10.5. The Labute approximate surface area is 111 Å². The Morgan fingerprint density at radius 3 is 2.78 bits per heavy atom. The molecule has 18 heavy (non-hydrogen) atoms. The van der Waals surface area contributed by atoms with Gasteiger partial charge in [-0.3, -0.25) is 0 Å². The summed E-state index contributed by atoms with van der Waals surface area (Å²) >= 11 is 6.03. The van der Waals surface area contributed by atoms with E-state index in [2.05, 4.69) is 17.1 Å². The molecule has 0 bridgehead atoms. The molecule has 2 rings (SSSR count). The summed E-state index contributed by atoms with van der Waals surface area (Å²) in [5.41, 5.74) is 2.05. The van der Waals surface area contributed by atoms with Crippen LogP contribution in [0.15, 0.2) is 18.2 Å². The zero-order valence-corrected chi connectivity index (χ0v) is 11.3. The summed E-state index contributed by atoms with van der Waals surface area (Å²) in [6.07, 6.45) is 0.956. The van der Waals surface area contributed by atoms with Crippen LogP contribution in [-0.2, 0) is 13.2 Å². The van der Waals surface area contributed by atoms with Crippen LogP contribution in [0.5, 0.6) is 0 Å². The van der Waals surface area contributed by atoms with Gasteiger partial charge in [-0.2, -0.15) is 0 Å². The Morgan fingerprint density at radius 1 is 1.33 bits per heavy atom. The molecule has 0 unspecified atom stereocenters. The number of aliphatic hydroxyl groups is 1. The fourth-order valence-corrected chi connectivity index (χ4v) is 2.12. The molecule has 96 valence electrons. The van der Waals surface area contributed by atoms with Crippen LogP contribution in [0.4, 0.5) is 0 Å². The van der Waals surface area contributed by atoms with Crippen LogP contribution in [-0.4, -0.2) is 19.9 Å². The Balaban J connectivity index is 2.56. The van der Waals surface area contributed by atoms with Crippen molar-refractivity contribution in [1.82, 2.24) is 14.8 Å². The van der Waals surface area contributed by atoms with Crippen LogP contribution < -0.4 is 0 Å². The summed E-state index contributed by atoms with van der Waals surface area (Å²) in [4.78, 5) is 0. The van der Waals surface area contributed by atoms with Gasteiger partial charge in [-0.05, 0) is 31.0 Å². The smallest absolute Gasteiger partial charge is 0.164 e. The van der Waals surface area contributed by atoms with Crippen molar-refractivity contribution in [3.05, 3.63) is 34.6 Å². The van der Waals surface area contributed by atoms with Crippen molar-refractivity contribution in [3.63, 3.8) is 0 Å². The minimum atomic E-state index is -0.105. The van der Waals surface area contributed by atoms with Crippen molar-refractivity contribution < 1.29 is 5.11 Å². The molecule has 0 aliphatic heterocycles. The Morgan fingerprint density at radius 2 is 2.11 bits per heavy atom. The minimum absolute atomic E-state index is 0.105. The van der Waals surface area contributed by atoms with Crippen molar-refractivity contribution in [2.75, 3.05) is 0 Å². The lowest BCUT2D eigenvalue weighted by molar-refractivity contribution is 0.264. The molecule has 1 N–H and O–H groups in total. The second-order valence-corrected chi connectivity index (χ2v) is 4.65. The van der Waals surface area contributed by atoms with Gasteiger partial charge in [0.25, 0.3) is 0 Å². The Bertz CT molecular complexity index is 551. The van der Waals surface area contributed by atoms with E-state index >= 15 is 0 Å². The van der Waals surface area contributed by atoms with E-state index in [0.29, 0.717) is 10.8 Å². The molecule has 0 aliphatic carbocycles. The van der Waals surface area contributed by atoms with Gasteiger partial charge < -0.3 is 9.67 Å². The van der Waals surface area contributed by atoms with Crippen molar-refractivity contribution in [1.29, 1.82) is 0 Å². The first kappa shape index (κ1) is 13.1. The zero-order chi connectivity index (χ0) is 13.1. The maximum Gasteiger partial charge on any atom is 0.164 e. The summed E-state index contributed by atoms with van der Waals surface area (Å²) < 4.78 is 1.94. The van der Waals surface area contributed by atoms with E-state index in [1.165, 1.54) is 0 Å². The number of nitrogens with zero attached hydrogens (tertiary/aromatic N) is 3. The molecule has 0 atom stereocenters. The topological polar surface area (TPSA) is 50.9 Å². The average molecular weight is 266 g/mol. The highest BCUT2D eigenvalue weighted by atomic mass is 35.5. The highest BCUT2D eigenvalue weighted by molar-refractivity contribution is 6.30. The predicted octanol–water partition coefficient (Wildman–Crippen LogP) is 2.81. The number of halogens is 1. The molecule has 0 spiro atoms. The number of rotatable bonds is 4. The second kappa shape index (κ2) is 5.50. The molecule has 0 saturated heterocycles. The monoisotopic (exact) mass is 265 g/mol. The molecule has 5 heteroatoms. The maximum atomic E-state index is 9.28. The highest BCUT2D eigenvalue weighted by Gasteiger charge is 2.14. The number of aryl methyl sites for hydroxylation is 1. The first-order valence-corrected chi connectivity index (χ1v) is 6.34. The standard InChI is InChI=1S/C13H16ClN3O/c1-3-6-17-12(8-18)15-16-13(17)11-7-10(14)5-4-9(11)2/h4-5,7,18H,3,6,8H2,1-2H3. The van der Waals surface area contributed by atoms with Gasteiger partial charge in [0.15, 0.2) is 11.6 Å². The third kappa shape index (κ3) is 2.40. The summed E-state index contributed by atoms with van der Waals surface area (Å²) in [6, 6.07) is 5.70. The molecule has 0 fully saturated rings. The van der Waals surface area contributed by atoms with Crippen molar-refractivity contribution in [2.45, 2.75) is 33.4 Å². The second-order valence-electron chi connectivity index (χ2n) is 4.21. The van der Waals surface area contributed by atoms with E-state index < -0.39 is 0 Å². The van der Waals surface area contributed by atoms with Gasteiger partial charge in [-0.1, -0.05) is 24.6 Å². The van der Waals surface area contributed by atoms with E-state index in [1.807, 2.05) is 29.7 Å². The average Bonchev–Trinajstić information content (AvgIpc) is 2.76. The minimum Gasteiger partial charge on any atom is -0.388 e. The molecule has 1 heterocycles. The molecule has 1 aromatic heterocycles. The van der Waals surface area contributed by atoms with Crippen LogP contribution >= 0.6 is 11.6 Å². The number of aliphatic hydroxyl groups excluding tert-OH is 1. The molecule has 0 radical (unpaired) electrons. The van der Waals surface area contributed by atoms with E-state index in [-0.39, 0.29) is 6.61 Å². The third-order valence-corrected chi connectivity index (χ3v) is 3.09. The summed E-state index contributed by atoms with van der Waals surface area (Å²) in [6.45, 7) is 4.77. The van der Waals surface area contributed by atoms with Crippen LogP contribution in [0, 0.1) is 6.92 Å². The summed E-state index contributed by atoms with van der Waals surface area (Å²) in [5.74, 6) is 1.35. The van der Waals surface area contributed by atoms with Crippen LogP contribution in [0.1, 0.15) is 24.7 Å². The van der Waals surface area contributed by atoms with E-state index in [4.69, 9.17) is 11.6 Å². The number of aromatic nitrogens is 3. The van der Waals surface area contributed by atoms with E-state index in [0.717, 1.165) is 29.9 Å². The van der Waals surface area contributed by atoms with E-state index in [1.54, 1.807) is 0 Å². The molecular weight excluding hydrogens is 250 g/mol. The number of hydrogen-bond acceptors (Lipinski definition) is 3. The lowest BCUT2D eigenvalue weighted by Crippen LogP contribution is -2.05. The van der Waals surface area contributed by atoms with Gasteiger partial charge in [0.2, 0.25) is 0 Å². The fraction of sp³-hybridized carbons (Fsp3) is 0.385. The molecule has 0 saturated carbocycles. The van der Waals surface area contributed by atoms with Gasteiger partial charge in [0.05, 0.1) is 0 Å². The molecule has 0 aliphatic rings. The van der Waals surface area contributed by atoms with Crippen LogP contribution in [0.25, 0.3) is 11.4 Å². The van der Waals surface area contributed by atoms with Crippen molar-refractivity contribution in [2.24, 2.45) is 0 Å². The predicted molar refractivity (Wildman–Crippen MR) is 71.4 cm³/mol. The maximum absolute atomic E-state index is 9.28. The van der Waals surface area contributed by atoms with Gasteiger partial charge in [-0.15, -0.1) is 10.2 Å². The van der Waals surface area contributed by atoms with Crippen molar-refractivity contribution >= 4 is 11.6 Å². The van der Waals surface area contributed by atoms with Crippen LogP contribution in [0.2, 0.25) is 5.02 Å². The van der Waals surface area contributed by atoms with Crippen LogP contribution in [0.3, 0.4) is 0 Å². The normalized spacial score (nSPS) is 10.9. The van der Waals surface area contributed by atoms with Crippen molar-refractivity contribution in [3.8, 4) is 11.4 Å². The van der Waals surface area contributed by atoms with E-state index in [9.17, 15) is 5.11 Å². The molecule has 1 aromatic carbocycles. The van der Waals surface area contributed by atoms with Gasteiger partial charge >= 0.3 is 0 Å². The lowest BCUT2D eigenvalue weighted by atomic mass is 10.1. The number of benzene rings is 1. The first-order valence-electron chi connectivity index (χ1n) is 5.96. The largest absolute Gasteiger partial charge is 0.388 e. The lowest BCUT2D eigenvalue weighted by Gasteiger charge is -2.10. The Kier molecular flexibility index (Phi) is 3.99. The van der Waals surface area contributed by atoms with Gasteiger partial charge in [-0.25, -0.2) is 0 Å². The highest BCUT2D eigenvalue weighted by Crippen LogP contribution is 2.26. The quantitative estimate of drug-likeness (QED) is 0.925. The molecular formula is C13H16ClN3O. The van der Waals surface area contributed by atoms with Gasteiger partial charge in [0.1, 0.15) is 6.61 Å². The summed E-state index contributed by atoms with van der Waals surface area (Å²) in [7, 11) is 0.